The van der Waals surface area contributed by atoms with Gasteiger partial charge in [-0.05, 0) is 72.2 Å². The van der Waals surface area contributed by atoms with Gasteiger partial charge in [0.25, 0.3) is 0 Å². The van der Waals surface area contributed by atoms with Crippen molar-refractivity contribution in [3.63, 3.8) is 0 Å². The lowest BCUT2D eigenvalue weighted by Crippen LogP contribution is -2.10. The fourth-order valence-electron chi connectivity index (χ4n) is 2.94. The lowest BCUT2D eigenvalue weighted by atomic mass is 10.2. The van der Waals surface area contributed by atoms with Crippen LogP contribution in [0.3, 0.4) is 0 Å². The summed E-state index contributed by atoms with van der Waals surface area (Å²) in [6, 6.07) is 19.4. The Bertz CT molecular complexity index is 1170. The van der Waals surface area contributed by atoms with E-state index in [1.807, 2.05) is 0 Å². The van der Waals surface area contributed by atoms with E-state index in [4.69, 9.17) is 19.9 Å². The van der Waals surface area contributed by atoms with Gasteiger partial charge in [0.2, 0.25) is 0 Å². The molecule has 0 spiro atoms. The van der Waals surface area contributed by atoms with E-state index in [9.17, 15) is 22.8 Å². The van der Waals surface area contributed by atoms with Crippen molar-refractivity contribution in [2.45, 2.75) is 25.6 Å². The molecule has 0 amide bonds. The Morgan fingerprint density at radius 3 is 2.14 bits per heavy atom. The molecule has 3 aromatic carbocycles. The number of rotatable bonds is 10. The molecule has 2 N–H and O–H groups in total. The van der Waals surface area contributed by atoms with Crippen LogP contribution in [0.1, 0.15) is 34.3 Å². The van der Waals surface area contributed by atoms with E-state index in [2.05, 4.69) is 0 Å². The molecule has 0 heterocycles. The van der Waals surface area contributed by atoms with Crippen LogP contribution in [0.25, 0.3) is 6.08 Å². The van der Waals surface area contributed by atoms with E-state index in [1.54, 1.807) is 54.6 Å². The minimum Gasteiger partial charge on any atom is -0.494 e. The first-order valence-corrected chi connectivity index (χ1v) is 11.0. The highest BCUT2D eigenvalue weighted by Gasteiger charge is 2.26. The molecule has 0 saturated heterocycles. The zero-order chi connectivity index (χ0) is 26.0. The Hall–Kier alpha value is -4.27. The summed E-state index contributed by atoms with van der Waals surface area (Å²) in [5.74, 6) is -0.448. The zero-order valence-corrected chi connectivity index (χ0v) is 19.2. The molecule has 0 unspecified atom stereocenters. The first kappa shape index (κ1) is 26.3. The van der Waals surface area contributed by atoms with E-state index in [0.29, 0.717) is 22.7 Å². The van der Waals surface area contributed by atoms with Gasteiger partial charge in [-0.1, -0.05) is 24.3 Å². The Labute approximate surface area is 206 Å². The number of ether oxygens (including phenoxy) is 3. The van der Waals surface area contributed by atoms with Gasteiger partial charge in [-0.3, -0.25) is 0 Å². The smallest absolute Gasteiger partial charge is 0.389 e. The second kappa shape index (κ2) is 12.4. The Kier molecular flexibility index (Phi) is 9.10. The van der Waals surface area contributed by atoms with Crippen molar-refractivity contribution in [2.24, 2.45) is 0 Å². The first-order valence-electron chi connectivity index (χ1n) is 11.0. The number of halogens is 3. The quantitative estimate of drug-likeness (QED) is 0.122. The van der Waals surface area contributed by atoms with Gasteiger partial charge in [-0.15, -0.1) is 0 Å². The van der Waals surface area contributed by atoms with Crippen molar-refractivity contribution in [3.05, 3.63) is 95.6 Å². The third-order valence-electron chi connectivity index (χ3n) is 4.83. The van der Waals surface area contributed by atoms with Gasteiger partial charge >= 0.3 is 18.1 Å². The molecule has 3 rings (SSSR count). The average Bonchev–Trinajstić information content (AvgIpc) is 2.85. The normalized spacial score (nSPS) is 11.3. The molecule has 0 aliphatic rings. The van der Waals surface area contributed by atoms with Gasteiger partial charge in [0.05, 0.1) is 12.2 Å². The lowest BCUT2D eigenvalue weighted by molar-refractivity contribution is -0.139. The minimum atomic E-state index is -4.21. The fourth-order valence-corrected chi connectivity index (χ4v) is 2.94. The van der Waals surface area contributed by atoms with Crippen LogP contribution in [-0.2, 0) is 16.1 Å². The molecule has 0 aromatic heterocycles. The largest absolute Gasteiger partial charge is 0.494 e. The van der Waals surface area contributed by atoms with Crippen LogP contribution in [0.15, 0.2) is 78.9 Å². The summed E-state index contributed by atoms with van der Waals surface area (Å²) in [7, 11) is 0. The maximum atomic E-state index is 12.3. The van der Waals surface area contributed by atoms with Gasteiger partial charge in [-0.25, -0.2) is 9.59 Å². The molecule has 0 atom stereocenters. The van der Waals surface area contributed by atoms with E-state index < -0.39 is 24.5 Å². The van der Waals surface area contributed by atoms with E-state index in [1.165, 1.54) is 30.3 Å². The standard InChI is InChI=1S/C27H24F3NO5/c28-27(29,30)16-1-17-34-23-13-7-21(8-14-23)26(33)36-24-11-4-19(5-12-24)6-15-25(32)35-18-20-2-9-22(31)10-3-20/h2-15H,1,16-18,31H2/b15-6+. The zero-order valence-electron chi connectivity index (χ0n) is 19.2. The van der Waals surface area contributed by atoms with Crippen LogP contribution in [0.5, 0.6) is 11.5 Å². The number of anilines is 1. The van der Waals surface area contributed by atoms with Gasteiger partial charge in [0.1, 0.15) is 18.1 Å². The summed E-state index contributed by atoms with van der Waals surface area (Å²) in [6.45, 7) is 0.0495. The van der Waals surface area contributed by atoms with E-state index >= 15 is 0 Å². The Balaban J connectivity index is 1.44. The third kappa shape index (κ3) is 9.17. The third-order valence-corrected chi connectivity index (χ3v) is 4.83. The number of carbonyl (C=O) groups excluding carboxylic acids is 2. The van der Waals surface area contributed by atoms with Crippen molar-refractivity contribution in [1.29, 1.82) is 0 Å². The molecule has 0 bridgehead atoms. The molecule has 0 aliphatic heterocycles. The molecular weight excluding hydrogens is 475 g/mol. The highest BCUT2D eigenvalue weighted by Crippen LogP contribution is 2.22. The van der Waals surface area contributed by atoms with Crippen molar-refractivity contribution in [3.8, 4) is 11.5 Å². The first-order chi connectivity index (χ1) is 17.2. The minimum absolute atomic E-state index is 0.0790. The SMILES string of the molecule is Nc1ccc(COC(=O)/C=C/c2ccc(OC(=O)c3ccc(OCCCC(F)(F)F)cc3)cc2)cc1. The maximum Gasteiger partial charge on any atom is 0.389 e. The van der Waals surface area contributed by atoms with Gasteiger partial charge < -0.3 is 19.9 Å². The van der Waals surface area contributed by atoms with Crippen LogP contribution in [0.2, 0.25) is 0 Å². The molecule has 0 fully saturated rings. The van der Waals surface area contributed by atoms with Gasteiger partial charge in [0.15, 0.2) is 0 Å². The van der Waals surface area contributed by atoms with Crippen LogP contribution >= 0.6 is 0 Å². The number of nitrogens with two attached hydrogens (primary N) is 1. The maximum absolute atomic E-state index is 12.3. The second-order valence-corrected chi connectivity index (χ2v) is 7.73. The number of nitrogen functional groups attached to an aromatic ring is 1. The summed E-state index contributed by atoms with van der Waals surface area (Å²) in [6.07, 6.45) is -2.41. The van der Waals surface area contributed by atoms with Crippen LogP contribution in [0.4, 0.5) is 18.9 Å². The van der Waals surface area contributed by atoms with Crippen molar-refractivity contribution < 1.29 is 37.0 Å². The monoisotopic (exact) mass is 499 g/mol. The topological polar surface area (TPSA) is 87.9 Å². The van der Waals surface area contributed by atoms with Gasteiger partial charge in [-0.2, -0.15) is 13.2 Å². The summed E-state index contributed by atoms with van der Waals surface area (Å²) >= 11 is 0. The molecule has 0 aliphatic carbocycles. The summed E-state index contributed by atoms with van der Waals surface area (Å²) in [4.78, 5) is 24.2. The Morgan fingerprint density at radius 1 is 0.861 bits per heavy atom. The highest BCUT2D eigenvalue weighted by molar-refractivity contribution is 5.91. The van der Waals surface area contributed by atoms with Crippen molar-refractivity contribution in [2.75, 3.05) is 12.3 Å². The molecule has 6 nitrogen and oxygen atoms in total. The summed E-state index contributed by atoms with van der Waals surface area (Å²) in [5.41, 5.74) is 8.02. The molecule has 9 heteroatoms. The van der Waals surface area contributed by atoms with E-state index in [-0.39, 0.29) is 25.2 Å². The van der Waals surface area contributed by atoms with Gasteiger partial charge in [0, 0.05) is 18.2 Å². The number of hydrogen-bond acceptors (Lipinski definition) is 6. The van der Waals surface area contributed by atoms with Crippen molar-refractivity contribution >= 4 is 23.7 Å². The molecule has 3 aromatic rings. The summed E-state index contributed by atoms with van der Waals surface area (Å²) < 4.78 is 52.2. The van der Waals surface area contributed by atoms with Crippen molar-refractivity contribution in [1.82, 2.24) is 0 Å². The number of hydrogen-bond donors (Lipinski definition) is 1. The molecule has 0 saturated carbocycles. The molecule has 0 radical (unpaired) electrons. The lowest BCUT2D eigenvalue weighted by Gasteiger charge is -2.09. The fraction of sp³-hybridized carbons (Fsp3) is 0.185. The predicted molar refractivity (Wildman–Crippen MR) is 128 cm³/mol. The van der Waals surface area contributed by atoms with Crippen LogP contribution in [-0.4, -0.2) is 24.7 Å². The Morgan fingerprint density at radius 2 is 1.50 bits per heavy atom. The number of esters is 2. The van der Waals surface area contributed by atoms with Crippen LogP contribution in [0, 0.1) is 0 Å². The molecule has 36 heavy (non-hydrogen) atoms. The second-order valence-electron chi connectivity index (χ2n) is 7.73. The number of alkyl halides is 3. The molecule has 188 valence electrons. The number of benzene rings is 3. The van der Waals surface area contributed by atoms with Crippen LogP contribution < -0.4 is 15.2 Å². The average molecular weight is 499 g/mol. The highest BCUT2D eigenvalue weighted by atomic mass is 19.4. The molecular formula is C27H24F3NO5. The predicted octanol–water partition coefficient (Wildman–Crippen LogP) is 5.97. The number of carbonyl (C=O) groups is 2. The summed E-state index contributed by atoms with van der Waals surface area (Å²) in [5, 5.41) is 0. The van der Waals surface area contributed by atoms with E-state index in [0.717, 1.165) is 5.56 Å².